The zero-order chi connectivity index (χ0) is 19.4. The molecule has 0 fully saturated rings. The first-order valence-corrected chi connectivity index (χ1v) is 13.1. The van der Waals surface area contributed by atoms with Gasteiger partial charge in [-0.1, -0.05) is 18.6 Å². The third-order valence-corrected chi connectivity index (χ3v) is 8.89. The SMILES string of the molecule is O=P(O)(O)C/C=C/C(CCCCP(=O)(O)O)(P(=O)(O)O)P(=O)(O)O. The van der Waals surface area contributed by atoms with Crippen LogP contribution in [-0.4, -0.2) is 56.4 Å². The fourth-order valence-electron chi connectivity index (χ4n) is 1.82. The molecule has 16 heteroatoms. The van der Waals surface area contributed by atoms with E-state index in [0.29, 0.717) is 12.2 Å². The van der Waals surface area contributed by atoms with Crippen molar-refractivity contribution in [1.82, 2.24) is 0 Å². The Morgan fingerprint density at radius 3 is 1.50 bits per heavy atom. The lowest BCUT2D eigenvalue weighted by molar-refractivity contribution is 0.314. The Morgan fingerprint density at radius 2 is 1.17 bits per heavy atom. The lowest BCUT2D eigenvalue weighted by Gasteiger charge is -2.32. The van der Waals surface area contributed by atoms with E-state index in [4.69, 9.17) is 19.6 Å². The minimum Gasteiger partial charge on any atom is -0.324 e. The maximum Gasteiger partial charge on any atom is 0.347 e. The first kappa shape index (κ1) is 24.3. The van der Waals surface area contributed by atoms with Crippen LogP contribution in [0.15, 0.2) is 12.2 Å². The molecule has 0 aliphatic carbocycles. The molecule has 0 radical (unpaired) electrons. The van der Waals surface area contributed by atoms with E-state index in [0.717, 1.165) is 0 Å². The fourth-order valence-corrected chi connectivity index (χ4v) is 5.69. The normalized spacial score (nSPS) is 15.2. The average Bonchev–Trinajstić information content (AvgIpc) is 2.26. The second-order valence-corrected chi connectivity index (χ2v) is 12.7. The summed E-state index contributed by atoms with van der Waals surface area (Å²) in [6.45, 7) is 0. The van der Waals surface area contributed by atoms with Crippen molar-refractivity contribution < 1.29 is 57.4 Å². The Kier molecular flexibility index (Phi) is 8.47. The maximum atomic E-state index is 11.7. The predicted octanol–water partition coefficient (Wildman–Crippen LogP) is 0.120. The van der Waals surface area contributed by atoms with Gasteiger partial charge in [0.05, 0.1) is 6.16 Å². The molecule has 24 heavy (non-hydrogen) atoms. The van der Waals surface area contributed by atoms with Gasteiger partial charge in [0.25, 0.3) is 0 Å². The molecule has 0 rings (SSSR count). The minimum absolute atomic E-state index is 0.266. The Hall–Kier alpha value is 0.340. The van der Waals surface area contributed by atoms with Crippen LogP contribution < -0.4 is 0 Å². The summed E-state index contributed by atoms with van der Waals surface area (Å²) in [4.78, 5) is 69.3. The Balaban J connectivity index is 5.56. The summed E-state index contributed by atoms with van der Waals surface area (Å²) in [5.41, 5.74) is 0. The Labute approximate surface area is 137 Å². The van der Waals surface area contributed by atoms with E-state index in [9.17, 15) is 37.8 Å². The van der Waals surface area contributed by atoms with Crippen molar-refractivity contribution in [2.45, 2.75) is 24.2 Å². The van der Waals surface area contributed by atoms with Crippen molar-refractivity contribution >= 4 is 30.4 Å². The van der Waals surface area contributed by atoms with Crippen molar-refractivity contribution in [3.05, 3.63) is 12.2 Å². The molecule has 0 aromatic carbocycles. The molecule has 0 saturated heterocycles. The molecule has 144 valence electrons. The third kappa shape index (κ3) is 8.15. The van der Waals surface area contributed by atoms with Crippen molar-refractivity contribution in [3.8, 4) is 0 Å². The standard InChI is InChI=1S/C8H20O12P4/c9-21(10,11)6-2-1-4-8(23(15,16)17,24(18,19)20)5-3-7-22(12,13)14/h3,5H,1-2,4,6-7H2,(H2,9,10,11)(H2,12,13,14)(H2,15,16,17)(H2,18,19,20)/b5-3+. The van der Waals surface area contributed by atoms with Gasteiger partial charge in [0, 0.05) is 6.16 Å². The molecule has 0 aromatic heterocycles. The molecule has 0 aromatic rings. The first-order valence-electron chi connectivity index (χ1n) is 6.29. The largest absolute Gasteiger partial charge is 0.347 e. The van der Waals surface area contributed by atoms with Crippen molar-refractivity contribution in [3.63, 3.8) is 0 Å². The number of rotatable bonds is 10. The van der Waals surface area contributed by atoms with Gasteiger partial charge in [0.2, 0.25) is 0 Å². The average molecular weight is 432 g/mol. The van der Waals surface area contributed by atoms with Crippen LogP contribution in [0, 0.1) is 0 Å². The number of allylic oxidation sites excluding steroid dienone is 2. The zero-order valence-corrected chi connectivity index (χ0v) is 15.8. The second-order valence-electron chi connectivity index (χ2n) is 5.06. The lowest BCUT2D eigenvalue weighted by Crippen LogP contribution is -2.27. The van der Waals surface area contributed by atoms with Gasteiger partial charge in [-0.2, -0.15) is 0 Å². The van der Waals surface area contributed by atoms with Crippen LogP contribution in [0.3, 0.4) is 0 Å². The molecular formula is C8H20O12P4. The third-order valence-electron chi connectivity index (χ3n) is 2.98. The van der Waals surface area contributed by atoms with E-state index in [1.54, 1.807) is 0 Å². The second kappa shape index (κ2) is 8.35. The molecule has 0 aliphatic heterocycles. The first-order chi connectivity index (χ1) is 10.4. The van der Waals surface area contributed by atoms with Gasteiger partial charge in [-0.3, -0.25) is 18.3 Å². The van der Waals surface area contributed by atoms with Crippen LogP contribution in [0.25, 0.3) is 0 Å². The highest BCUT2D eigenvalue weighted by Crippen LogP contribution is 2.71. The lowest BCUT2D eigenvalue weighted by atomic mass is 10.2. The molecule has 0 aliphatic rings. The van der Waals surface area contributed by atoms with Crippen LogP contribution in [-0.2, 0) is 18.3 Å². The molecule has 0 unspecified atom stereocenters. The number of hydrogen-bond donors (Lipinski definition) is 8. The fraction of sp³-hybridized carbons (Fsp3) is 0.750. The van der Waals surface area contributed by atoms with Gasteiger partial charge < -0.3 is 39.1 Å². The molecule has 0 heterocycles. The van der Waals surface area contributed by atoms with Crippen molar-refractivity contribution in [2.75, 3.05) is 12.3 Å². The van der Waals surface area contributed by atoms with Crippen LogP contribution >= 0.6 is 30.4 Å². The summed E-state index contributed by atoms with van der Waals surface area (Å²) < 4.78 is 44.8. The van der Waals surface area contributed by atoms with Crippen LogP contribution in [0.2, 0.25) is 0 Å². The highest BCUT2D eigenvalue weighted by molar-refractivity contribution is 7.72. The van der Waals surface area contributed by atoms with Gasteiger partial charge in [-0.25, -0.2) is 0 Å². The highest BCUT2D eigenvalue weighted by atomic mass is 31.2. The predicted molar refractivity (Wildman–Crippen MR) is 83.6 cm³/mol. The van der Waals surface area contributed by atoms with Crippen molar-refractivity contribution in [2.24, 2.45) is 0 Å². The Morgan fingerprint density at radius 1 is 0.708 bits per heavy atom. The molecule has 0 spiro atoms. The van der Waals surface area contributed by atoms with E-state index < -0.39 is 54.0 Å². The minimum atomic E-state index is -5.49. The zero-order valence-electron chi connectivity index (χ0n) is 12.2. The Bertz CT molecular complexity index is 609. The summed E-state index contributed by atoms with van der Waals surface area (Å²) in [5, 5.41) is 0. The summed E-state index contributed by atoms with van der Waals surface area (Å²) >= 11 is 0. The molecule has 0 atom stereocenters. The van der Waals surface area contributed by atoms with E-state index >= 15 is 0 Å². The van der Waals surface area contributed by atoms with E-state index in [1.807, 2.05) is 0 Å². The number of hydrogen-bond acceptors (Lipinski definition) is 4. The summed E-state index contributed by atoms with van der Waals surface area (Å²) in [6, 6.07) is 0. The summed E-state index contributed by atoms with van der Waals surface area (Å²) in [7, 11) is -20.0. The monoisotopic (exact) mass is 432 g/mol. The van der Waals surface area contributed by atoms with E-state index in [2.05, 4.69) is 0 Å². The van der Waals surface area contributed by atoms with Gasteiger partial charge in [-0.15, -0.1) is 0 Å². The maximum absolute atomic E-state index is 11.7. The number of unbranched alkanes of at least 4 members (excludes halogenated alkanes) is 1. The van der Waals surface area contributed by atoms with Crippen LogP contribution in [0.4, 0.5) is 0 Å². The van der Waals surface area contributed by atoms with Gasteiger partial charge in [-0.05, 0) is 12.8 Å². The topological polar surface area (TPSA) is 230 Å². The quantitative estimate of drug-likeness (QED) is 0.131. The van der Waals surface area contributed by atoms with Crippen molar-refractivity contribution in [1.29, 1.82) is 0 Å². The van der Waals surface area contributed by atoms with Gasteiger partial charge in [0.1, 0.15) is 0 Å². The summed E-state index contributed by atoms with van der Waals surface area (Å²) in [6.07, 6.45) is -2.12. The molecular weight excluding hydrogens is 412 g/mol. The molecule has 12 nitrogen and oxygen atoms in total. The van der Waals surface area contributed by atoms with Gasteiger partial charge in [0.15, 0.2) is 4.90 Å². The van der Waals surface area contributed by atoms with E-state index in [-0.39, 0.29) is 12.8 Å². The molecule has 8 N–H and O–H groups in total. The molecule has 0 saturated carbocycles. The molecule has 0 amide bonds. The smallest absolute Gasteiger partial charge is 0.324 e. The summed E-state index contributed by atoms with van der Waals surface area (Å²) in [5.74, 6) is 0. The van der Waals surface area contributed by atoms with Crippen LogP contribution in [0.5, 0.6) is 0 Å². The van der Waals surface area contributed by atoms with Crippen LogP contribution in [0.1, 0.15) is 19.3 Å². The van der Waals surface area contributed by atoms with Gasteiger partial charge >= 0.3 is 30.4 Å². The highest BCUT2D eigenvalue weighted by Gasteiger charge is 2.57. The van der Waals surface area contributed by atoms with E-state index in [1.165, 1.54) is 0 Å². The molecule has 0 bridgehead atoms.